The van der Waals surface area contributed by atoms with Gasteiger partial charge >= 0.3 is 0 Å². The maximum absolute atomic E-state index is 12.6. The summed E-state index contributed by atoms with van der Waals surface area (Å²) in [6.07, 6.45) is 1.75. The molecule has 0 unspecified atom stereocenters. The standard InChI is InChI=1S/C15H15N3OS2/c1-9-5-6-17-14-11(9)12(16)13(21-14)15(19)18(2)8-10-4-3-7-20-10/h3-7H,8,16H2,1-2H3. The van der Waals surface area contributed by atoms with Crippen LogP contribution in [0.25, 0.3) is 10.2 Å². The van der Waals surface area contributed by atoms with Crippen LogP contribution in [-0.4, -0.2) is 22.8 Å². The molecular formula is C15H15N3OS2. The van der Waals surface area contributed by atoms with Crippen molar-refractivity contribution in [1.29, 1.82) is 0 Å². The molecule has 6 heteroatoms. The van der Waals surface area contributed by atoms with Gasteiger partial charge in [0.1, 0.15) is 9.71 Å². The summed E-state index contributed by atoms with van der Waals surface area (Å²) in [6.45, 7) is 2.58. The molecule has 0 bridgehead atoms. The van der Waals surface area contributed by atoms with Gasteiger partial charge in [-0.2, -0.15) is 0 Å². The van der Waals surface area contributed by atoms with Gasteiger partial charge in [-0.05, 0) is 30.0 Å². The van der Waals surface area contributed by atoms with Crippen molar-refractivity contribution in [1.82, 2.24) is 9.88 Å². The molecule has 2 N–H and O–H groups in total. The molecule has 0 aromatic carbocycles. The number of nitrogens with two attached hydrogens (primary N) is 1. The fourth-order valence-electron chi connectivity index (χ4n) is 2.24. The van der Waals surface area contributed by atoms with Gasteiger partial charge in [-0.25, -0.2) is 4.98 Å². The smallest absolute Gasteiger partial charge is 0.266 e. The highest BCUT2D eigenvalue weighted by atomic mass is 32.1. The number of nitrogens with zero attached hydrogens (tertiary/aromatic N) is 2. The van der Waals surface area contributed by atoms with Crippen LogP contribution in [0.3, 0.4) is 0 Å². The van der Waals surface area contributed by atoms with Gasteiger partial charge in [0.2, 0.25) is 0 Å². The second kappa shape index (κ2) is 5.46. The first-order chi connectivity index (χ1) is 10.1. The van der Waals surface area contributed by atoms with E-state index in [0.717, 1.165) is 20.7 Å². The van der Waals surface area contributed by atoms with Crippen molar-refractivity contribution in [3.63, 3.8) is 0 Å². The van der Waals surface area contributed by atoms with Gasteiger partial charge in [0.05, 0.1) is 12.2 Å². The van der Waals surface area contributed by atoms with Crippen LogP contribution in [0.1, 0.15) is 20.1 Å². The van der Waals surface area contributed by atoms with Crippen LogP contribution < -0.4 is 5.73 Å². The van der Waals surface area contributed by atoms with E-state index in [4.69, 9.17) is 5.73 Å². The van der Waals surface area contributed by atoms with Crippen LogP contribution in [0.4, 0.5) is 5.69 Å². The topological polar surface area (TPSA) is 59.2 Å². The molecule has 0 saturated carbocycles. The number of anilines is 1. The lowest BCUT2D eigenvalue weighted by Gasteiger charge is -2.15. The Labute approximate surface area is 130 Å². The number of nitrogen functional groups attached to an aromatic ring is 1. The predicted molar refractivity (Wildman–Crippen MR) is 88.9 cm³/mol. The Hall–Kier alpha value is -1.92. The zero-order valence-corrected chi connectivity index (χ0v) is 13.4. The van der Waals surface area contributed by atoms with E-state index in [1.165, 1.54) is 11.3 Å². The Bertz CT molecular complexity index is 793. The van der Waals surface area contributed by atoms with Crippen molar-refractivity contribution < 1.29 is 4.79 Å². The summed E-state index contributed by atoms with van der Waals surface area (Å²) in [5.74, 6) is -0.0525. The Kier molecular flexibility index (Phi) is 3.65. The molecule has 0 aliphatic carbocycles. The lowest BCUT2D eigenvalue weighted by Crippen LogP contribution is -2.25. The number of amides is 1. The monoisotopic (exact) mass is 317 g/mol. The van der Waals surface area contributed by atoms with Crippen molar-refractivity contribution in [2.75, 3.05) is 12.8 Å². The number of carbonyl (C=O) groups is 1. The fraction of sp³-hybridized carbons (Fsp3) is 0.200. The molecule has 0 spiro atoms. The molecule has 3 rings (SSSR count). The maximum Gasteiger partial charge on any atom is 0.266 e. The normalized spacial score (nSPS) is 11.0. The average molecular weight is 317 g/mol. The van der Waals surface area contributed by atoms with Gasteiger partial charge in [0, 0.05) is 23.5 Å². The average Bonchev–Trinajstić information content (AvgIpc) is 3.07. The van der Waals surface area contributed by atoms with Crippen molar-refractivity contribution in [3.8, 4) is 0 Å². The van der Waals surface area contributed by atoms with E-state index < -0.39 is 0 Å². The van der Waals surface area contributed by atoms with E-state index in [2.05, 4.69) is 4.98 Å². The molecule has 0 saturated heterocycles. The summed E-state index contributed by atoms with van der Waals surface area (Å²) in [5.41, 5.74) is 7.77. The summed E-state index contributed by atoms with van der Waals surface area (Å²) < 4.78 is 0. The first-order valence-corrected chi connectivity index (χ1v) is 8.19. The number of fused-ring (bicyclic) bond motifs is 1. The molecule has 3 heterocycles. The van der Waals surface area contributed by atoms with Crippen molar-refractivity contribution in [2.24, 2.45) is 0 Å². The third-order valence-corrected chi connectivity index (χ3v) is 5.31. The van der Waals surface area contributed by atoms with Gasteiger partial charge in [-0.15, -0.1) is 22.7 Å². The van der Waals surface area contributed by atoms with Gasteiger partial charge in [-0.1, -0.05) is 6.07 Å². The second-order valence-corrected chi connectivity index (χ2v) is 6.92. The van der Waals surface area contributed by atoms with Gasteiger partial charge in [0.25, 0.3) is 5.91 Å². The van der Waals surface area contributed by atoms with E-state index in [-0.39, 0.29) is 5.91 Å². The molecule has 0 aliphatic rings. The van der Waals surface area contributed by atoms with E-state index in [0.29, 0.717) is 17.1 Å². The van der Waals surface area contributed by atoms with Crippen LogP contribution in [0.15, 0.2) is 29.8 Å². The molecule has 3 aromatic heterocycles. The second-order valence-electron chi connectivity index (χ2n) is 4.89. The molecule has 3 aromatic rings. The molecule has 0 radical (unpaired) electrons. The third kappa shape index (κ3) is 2.52. The molecule has 108 valence electrons. The van der Waals surface area contributed by atoms with Crippen LogP contribution in [0, 0.1) is 6.92 Å². The number of hydrogen-bond acceptors (Lipinski definition) is 5. The summed E-state index contributed by atoms with van der Waals surface area (Å²) in [6, 6.07) is 5.92. The number of hydrogen-bond donors (Lipinski definition) is 1. The fourth-order valence-corrected chi connectivity index (χ4v) is 4.14. The van der Waals surface area contributed by atoms with Crippen molar-refractivity contribution in [3.05, 3.63) is 45.1 Å². The molecule has 0 atom stereocenters. The van der Waals surface area contributed by atoms with E-state index in [1.54, 1.807) is 29.5 Å². The largest absolute Gasteiger partial charge is 0.397 e. The third-order valence-electron chi connectivity index (χ3n) is 3.35. The zero-order valence-electron chi connectivity index (χ0n) is 11.8. The minimum atomic E-state index is -0.0525. The minimum Gasteiger partial charge on any atom is -0.397 e. The zero-order chi connectivity index (χ0) is 15.0. The van der Waals surface area contributed by atoms with E-state index >= 15 is 0 Å². The lowest BCUT2D eigenvalue weighted by molar-refractivity contribution is 0.0792. The highest BCUT2D eigenvalue weighted by Crippen LogP contribution is 2.35. The van der Waals surface area contributed by atoms with Crippen LogP contribution >= 0.6 is 22.7 Å². The predicted octanol–water partition coefficient (Wildman–Crippen LogP) is 3.52. The summed E-state index contributed by atoms with van der Waals surface area (Å²) in [4.78, 5) is 21.2. The van der Waals surface area contributed by atoms with Gasteiger partial charge in [0.15, 0.2) is 0 Å². The summed E-state index contributed by atoms with van der Waals surface area (Å²) in [5, 5.41) is 2.91. The number of thiophene rings is 2. The van der Waals surface area contributed by atoms with Crippen LogP contribution in [-0.2, 0) is 6.54 Å². The first kappa shape index (κ1) is 14.0. The number of carbonyl (C=O) groups excluding carboxylic acids is 1. The van der Waals surface area contributed by atoms with E-state index in [1.807, 2.05) is 30.5 Å². The highest BCUT2D eigenvalue weighted by molar-refractivity contribution is 7.21. The van der Waals surface area contributed by atoms with Crippen LogP contribution in [0.2, 0.25) is 0 Å². The lowest BCUT2D eigenvalue weighted by atomic mass is 10.1. The molecule has 1 amide bonds. The molecular weight excluding hydrogens is 302 g/mol. The maximum atomic E-state index is 12.6. The number of aromatic nitrogens is 1. The molecule has 0 fully saturated rings. The minimum absolute atomic E-state index is 0.0525. The Morgan fingerprint density at radius 2 is 2.24 bits per heavy atom. The first-order valence-electron chi connectivity index (χ1n) is 6.49. The Balaban J connectivity index is 1.94. The van der Waals surface area contributed by atoms with E-state index in [9.17, 15) is 4.79 Å². The molecule has 0 aliphatic heterocycles. The summed E-state index contributed by atoms with van der Waals surface area (Å²) in [7, 11) is 1.80. The highest BCUT2D eigenvalue weighted by Gasteiger charge is 2.21. The SMILES string of the molecule is Cc1ccnc2sc(C(=O)N(C)Cc3cccs3)c(N)c12. The van der Waals surface area contributed by atoms with Gasteiger partial charge < -0.3 is 10.6 Å². The number of rotatable bonds is 3. The number of pyridine rings is 1. The van der Waals surface area contributed by atoms with Gasteiger partial charge in [-0.3, -0.25) is 4.79 Å². The van der Waals surface area contributed by atoms with Crippen LogP contribution in [0.5, 0.6) is 0 Å². The quantitative estimate of drug-likeness (QED) is 0.804. The molecule has 21 heavy (non-hydrogen) atoms. The Morgan fingerprint density at radius 3 is 2.90 bits per heavy atom. The van der Waals surface area contributed by atoms with Crippen molar-refractivity contribution >= 4 is 44.5 Å². The number of aryl methyl sites for hydroxylation is 1. The Morgan fingerprint density at radius 1 is 1.43 bits per heavy atom. The van der Waals surface area contributed by atoms with Crippen molar-refractivity contribution in [2.45, 2.75) is 13.5 Å². The molecule has 4 nitrogen and oxygen atoms in total. The summed E-state index contributed by atoms with van der Waals surface area (Å²) >= 11 is 3.00.